The van der Waals surface area contributed by atoms with Crippen molar-refractivity contribution in [3.8, 4) is 11.5 Å². The number of anilines is 2. The molecule has 328 valence electrons. The fraction of sp³-hybridized carbons (Fsp3) is 0.294. The molecule has 0 saturated carbocycles. The molecule has 2 aromatic heterocycles. The maximum absolute atomic E-state index is 15.5. The molecule has 2 aliphatic heterocycles. The van der Waals surface area contributed by atoms with Crippen molar-refractivity contribution in [3.63, 3.8) is 0 Å². The Morgan fingerprint density at radius 3 is 2.45 bits per heavy atom. The van der Waals surface area contributed by atoms with Crippen molar-refractivity contribution in [3.05, 3.63) is 162 Å². The quantitative estimate of drug-likeness (QED) is 0.0882. The van der Waals surface area contributed by atoms with Crippen LogP contribution in [0.4, 0.5) is 11.4 Å². The highest BCUT2D eigenvalue weighted by molar-refractivity contribution is 6.91. The van der Waals surface area contributed by atoms with Crippen LogP contribution in [0.15, 0.2) is 134 Å². The number of aliphatic hydroxyl groups is 1. The molecular formula is C51H54N6O6Si. The lowest BCUT2D eigenvalue weighted by molar-refractivity contribution is -0.146. The molecule has 0 bridgehead atoms. The van der Waals surface area contributed by atoms with Crippen LogP contribution in [-0.4, -0.2) is 71.9 Å². The van der Waals surface area contributed by atoms with Crippen LogP contribution in [0, 0.1) is 5.92 Å². The number of aryl methyl sites for hydroxylation is 1. The van der Waals surface area contributed by atoms with E-state index in [0.29, 0.717) is 30.1 Å². The first-order valence-corrected chi connectivity index (χ1v) is 24.9. The number of aromatic nitrogens is 4. The van der Waals surface area contributed by atoms with Gasteiger partial charge in [-0.1, -0.05) is 103 Å². The lowest BCUT2D eigenvalue weighted by atomic mass is 9.82. The van der Waals surface area contributed by atoms with Crippen LogP contribution in [0.5, 0.6) is 11.5 Å². The van der Waals surface area contributed by atoms with Crippen molar-refractivity contribution >= 4 is 47.4 Å². The van der Waals surface area contributed by atoms with E-state index in [1.54, 1.807) is 14.2 Å². The third-order valence-corrected chi connectivity index (χ3v) is 17.9. The number of H-pyrrole nitrogens is 1. The van der Waals surface area contributed by atoms with Crippen LogP contribution >= 0.6 is 0 Å². The third kappa shape index (κ3) is 7.77. The summed E-state index contributed by atoms with van der Waals surface area (Å²) in [5, 5.41) is 24.7. The van der Waals surface area contributed by atoms with E-state index >= 15 is 4.79 Å². The number of aromatic amines is 1. The van der Waals surface area contributed by atoms with Gasteiger partial charge < -0.3 is 34.5 Å². The van der Waals surface area contributed by atoms with Crippen molar-refractivity contribution in [1.29, 1.82) is 0 Å². The summed E-state index contributed by atoms with van der Waals surface area (Å²) in [5.41, 5.74) is 5.34. The summed E-state index contributed by atoms with van der Waals surface area (Å²) >= 11 is 0. The number of carbonyl (C=O) groups excluding carboxylic acids is 2. The van der Waals surface area contributed by atoms with Gasteiger partial charge in [0.2, 0.25) is 5.91 Å². The summed E-state index contributed by atoms with van der Waals surface area (Å²) in [7, 11) is 0.870. The number of hydrogen-bond donors (Lipinski definition) is 3. The Balaban J connectivity index is 1.02. The number of hydrogen-bond acceptors (Lipinski definition) is 8. The fourth-order valence-electron chi connectivity index (χ4n) is 10.3. The second-order valence-corrected chi connectivity index (χ2v) is 22.2. The maximum atomic E-state index is 15.5. The second kappa shape index (κ2) is 17.6. The van der Waals surface area contributed by atoms with Crippen molar-refractivity contribution in [2.24, 2.45) is 5.92 Å². The standard InChI is InChI=1S/C51H54N6O6Si/c1-33-49(64(4,5)40-21-18-38(61-2)19-22-40)47(24-25-56-31-45(54-55-56)42(32-58)35-13-7-6-8-14-35)63-51(33)43-28-39(62-3)20-23-46(43)57(50(51)60)30-34-12-11-15-37(26-34)53-48(59)27-36-29-52-44-17-10-9-16-41(36)44/h6-23,26,28-29,31,33,42,47,49,52,58H,24-25,27,30,32H2,1-5H3,(H,53,59)/t33-,42?,47+,49-,51+/m0/s1. The number of carbonyl (C=O) groups is 2. The molecule has 5 atom stereocenters. The Labute approximate surface area is 374 Å². The van der Waals surface area contributed by atoms with Crippen LogP contribution in [0.2, 0.25) is 18.6 Å². The largest absolute Gasteiger partial charge is 0.497 e. The molecule has 0 radical (unpaired) electrons. The molecule has 1 unspecified atom stereocenters. The minimum atomic E-state index is -2.44. The number of para-hydroxylation sites is 1. The Bertz CT molecular complexity index is 2790. The van der Waals surface area contributed by atoms with Crippen molar-refractivity contribution < 1.29 is 28.9 Å². The first kappa shape index (κ1) is 42.7. The summed E-state index contributed by atoms with van der Waals surface area (Å²) in [6.45, 7) is 7.59. The van der Waals surface area contributed by atoms with Gasteiger partial charge in [-0.05, 0) is 77.2 Å². The van der Waals surface area contributed by atoms with E-state index in [4.69, 9.17) is 14.2 Å². The number of nitrogens with zero attached hydrogens (tertiary/aromatic N) is 4. The predicted octanol–water partition coefficient (Wildman–Crippen LogP) is 7.94. The zero-order valence-corrected chi connectivity index (χ0v) is 37.8. The monoisotopic (exact) mass is 874 g/mol. The molecule has 12 nitrogen and oxygen atoms in total. The Kier molecular flexibility index (Phi) is 11.7. The number of ether oxygens (including phenoxy) is 3. The summed E-state index contributed by atoms with van der Waals surface area (Å²) in [4.78, 5) is 34.0. The van der Waals surface area contributed by atoms with Gasteiger partial charge >= 0.3 is 0 Å². The number of methoxy groups -OCH3 is 2. The molecule has 9 rings (SSSR count). The summed E-state index contributed by atoms with van der Waals surface area (Å²) in [6.07, 6.45) is 4.26. The number of benzene rings is 5. The minimum Gasteiger partial charge on any atom is -0.497 e. The van der Waals surface area contributed by atoms with Crippen molar-refractivity contribution in [1.82, 2.24) is 20.0 Å². The van der Waals surface area contributed by atoms with Crippen LogP contribution < -0.4 is 24.9 Å². The highest BCUT2D eigenvalue weighted by atomic mass is 28.3. The van der Waals surface area contributed by atoms with Crippen LogP contribution in [-0.2, 0) is 39.4 Å². The molecule has 1 spiro atoms. The first-order valence-electron chi connectivity index (χ1n) is 21.9. The zero-order valence-electron chi connectivity index (χ0n) is 36.8. The number of aliphatic hydroxyl groups excluding tert-OH is 1. The number of fused-ring (bicyclic) bond motifs is 3. The average molecular weight is 875 g/mol. The third-order valence-electron chi connectivity index (χ3n) is 13.6. The molecule has 2 amide bonds. The van der Waals surface area contributed by atoms with Gasteiger partial charge in [-0.2, -0.15) is 0 Å². The molecule has 13 heteroatoms. The minimum absolute atomic E-state index is 0.00275. The molecule has 1 fully saturated rings. The molecule has 0 aliphatic carbocycles. The first-order chi connectivity index (χ1) is 31.0. The lowest BCUT2D eigenvalue weighted by Gasteiger charge is -2.37. The molecule has 5 aromatic carbocycles. The molecule has 3 N–H and O–H groups in total. The molecule has 4 heterocycles. The van der Waals surface area contributed by atoms with Crippen LogP contribution in [0.3, 0.4) is 0 Å². The Morgan fingerprint density at radius 1 is 0.938 bits per heavy atom. The van der Waals surface area contributed by atoms with Gasteiger partial charge in [0.25, 0.3) is 5.91 Å². The number of amides is 2. The lowest BCUT2D eigenvalue weighted by Crippen LogP contribution is -2.51. The topological polar surface area (TPSA) is 144 Å². The Hall–Kier alpha value is -6.54. The van der Waals surface area contributed by atoms with E-state index in [0.717, 1.165) is 44.6 Å². The van der Waals surface area contributed by atoms with E-state index < -0.39 is 13.7 Å². The summed E-state index contributed by atoms with van der Waals surface area (Å²) in [5.74, 6) is 0.643. The number of nitrogens with one attached hydrogen (secondary N) is 2. The molecule has 7 aromatic rings. The fourth-order valence-corrected chi connectivity index (χ4v) is 14.4. The molecular weight excluding hydrogens is 821 g/mol. The number of rotatable bonds is 15. The van der Waals surface area contributed by atoms with E-state index in [1.807, 2.05) is 131 Å². The second-order valence-electron chi connectivity index (χ2n) is 17.6. The van der Waals surface area contributed by atoms with Gasteiger partial charge in [0.1, 0.15) is 11.5 Å². The van der Waals surface area contributed by atoms with E-state index in [-0.39, 0.29) is 54.9 Å². The smallest absolute Gasteiger partial charge is 0.264 e. The molecule has 1 saturated heterocycles. The van der Waals surface area contributed by atoms with Gasteiger partial charge in [-0.25, -0.2) is 0 Å². The summed E-state index contributed by atoms with van der Waals surface area (Å²) in [6, 6.07) is 39.6. The van der Waals surface area contributed by atoms with Gasteiger partial charge in [-0.3, -0.25) is 14.3 Å². The van der Waals surface area contributed by atoms with E-state index in [1.165, 1.54) is 5.19 Å². The normalized spacial score (nSPS) is 19.9. The van der Waals surface area contributed by atoms with Crippen molar-refractivity contribution in [2.75, 3.05) is 31.0 Å². The highest BCUT2D eigenvalue weighted by Gasteiger charge is 2.66. The van der Waals surface area contributed by atoms with Crippen molar-refractivity contribution in [2.45, 2.75) is 69.1 Å². The van der Waals surface area contributed by atoms with Gasteiger partial charge in [0.05, 0.1) is 65.3 Å². The zero-order chi connectivity index (χ0) is 44.6. The SMILES string of the molecule is COc1ccc([Si](C)(C)[C@@H]2[C@@H](CCn3cc(C(CO)c4ccccc4)nn3)O[C@]3(C(=O)N(Cc4cccc(NC(=O)Cc5c[nH]c6ccccc56)c4)c4ccc(OC)cc43)[C@H]2C)cc1. The summed E-state index contributed by atoms with van der Waals surface area (Å²) < 4.78 is 20.6. The van der Waals surface area contributed by atoms with E-state index in [2.05, 4.69) is 52.8 Å². The molecule has 2 aliphatic rings. The van der Waals surface area contributed by atoms with Gasteiger partial charge in [0, 0.05) is 47.0 Å². The van der Waals surface area contributed by atoms with Crippen LogP contribution in [0.25, 0.3) is 10.9 Å². The average Bonchev–Trinajstić information content (AvgIpc) is 4.08. The predicted molar refractivity (Wildman–Crippen MR) is 251 cm³/mol. The highest BCUT2D eigenvalue weighted by Crippen LogP contribution is 2.60. The molecule has 64 heavy (non-hydrogen) atoms. The van der Waals surface area contributed by atoms with Gasteiger partial charge in [0.15, 0.2) is 5.60 Å². The van der Waals surface area contributed by atoms with Gasteiger partial charge in [-0.15, -0.1) is 5.10 Å². The van der Waals surface area contributed by atoms with E-state index in [9.17, 15) is 9.90 Å². The van der Waals surface area contributed by atoms with Crippen LogP contribution in [0.1, 0.15) is 47.2 Å². The Morgan fingerprint density at radius 2 is 1.69 bits per heavy atom. The maximum Gasteiger partial charge on any atom is 0.264 e.